The summed E-state index contributed by atoms with van der Waals surface area (Å²) in [4.78, 5) is 37.6. The van der Waals surface area contributed by atoms with Gasteiger partial charge < -0.3 is 19.2 Å². The van der Waals surface area contributed by atoms with Crippen LogP contribution in [0, 0.1) is 5.92 Å². The molecule has 1 heterocycles. The molecule has 2 aromatic carbocycles. The van der Waals surface area contributed by atoms with E-state index in [1.54, 1.807) is 18.2 Å². The van der Waals surface area contributed by atoms with E-state index in [0.29, 0.717) is 12.2 Å². The fourth-order valence-corrected chi connectivity index (χ4v) is 3.42. The van der Waals surface area contributed by atoms with E-state index in [2.05, 4.69) is 21.2 Å². The third-order valence-electron chi connectivity index (χ3n) is 5.20. The Bertz CT molecular complexity index is 1170. The minimum absolute atomic E-state index is 0.155. The molecular weight excluding hydrogens is 478 g/mol. The van der Waals surface area contributed by atoms with Crippen molar-refractivity contribution in [2.75, 3.05) is 7.11 Å². The predicted octanol–water partition coefficient (Wildman–Crippen LogP) is 4.45. The lowest BCUT2D eigenvalue weighted by Crippen LogP contribution is -2.45. The van der Waals surface area contributed by atoms with Crippen LogP contribution >= 0.6 is 15.9 Å². The Kier molecular flexibility index (Phi) is 7.69. The molecule has 0 aliphatic rings. The van der Waals surface area contributed by atoms with Crippen LogP contribution in [0.25, 0.3) is 11.0 Å². The zero-order chi connectivity index (χ0) is 23.3. The van der Waals surface area contributed by atoms with E-state index in [-0.39, 0.29) is 29.3 Å². The summed E-state index contributed by atoms with van der Waals surface area (Å²) in [6.45, 7) is 4.00. The van der Waals surface area contributed by atoms with Crippen LogP contribution in [0.3, 0.4) is 0 Å². The third kappa shape index (κ3) is 5.37. The van der Waals surface area contributed by atoms with Crippen LogP contribution in [0.1, 0.15) is 36.4 Å². The van der Waals surface area contributed by atoms with Crippen molar-refractivity contribution in [3.8, 4) is 5.75 Å². The van der Waals surface area contributed by atoms with Gasteiger partial charge in [0.15, 0.2) is 11.2 Å². The molecule has 8 heteroatoms. The Morgan fingerprint density at radius 1 is 1.16 bits per heavy atom. The number of amides is 1. The molecule has 168 valence electrons. The average molecular weight is 502 g/mol. The number of carbonyl (C=O) groups excluding carboxylic acids is 2. The fourth-order valence-electron chi connectivity index (χ4n) is 3.16. The molecule has 0 unspecified atom stereocenters. The van der Waals surface area contributed by atoms with Gasteiger partial charge in [0.05, 0.1) is 7.11 Å². The first-order valence-electron chi connectivity index (χ1n) is 10.2. The van der Waals surface area contributed by atoms with Crippen LogP contribution in [0.15, 0.2) is 62.2 Å². The molecule has 0 radical (unpaired) electrons. The number of ether oxygens (including phenoxy) is 2. The lowest BCUT2D eigenvalue weighted by molar-refractivity contribution is -0.144. The van der Waals surface area contributed by atoms with Crippen LogP contribution in [-0.2, 0) is 16.1 Å². The Balaban J connectivity index is 1.86. The lowest BCUT2D eigenvalue weighted by atomic mass is 9.99. The summed E-state index contributed by atoms with van der Waals surface area (Å²) < 4.78 is 17.3. The number of fused-ring (bicyclic) bond motifs is 1. The van der Waals surface area contributed by atoms with Crippen LogP contribution in [-0.4, -0.2) is 25.0 Å². The quantitative estimate of drug-likeness (QED) is 0.458. The van der Waals surface area contributed by atoms with Gasteiger partial charge >= 0.3 is 5.97 Å². The molecule has 1 N–H and O–H groups in total. The number of nitrogens with one attached hydrogen (secondary N) is 1. The molecule has 0 fully saturated rings. The van der Waals surface area contributed by atoms with Gasteiger partial charge in [0.1, 0.15) is 29.4 Å². The highest BCUT2D eigenvalue weighted by molar-refractivity contribution is 9.10. The number of carbonyl (C=O) groups is 2. The molecule has 1 aromatic heterocycles. The van der Waals surface area contributed by atoms with Crippen LogP contribution in [0.5, 0.6) is 5.75 Å². The zero-order valence-electron chi connectivity index (χ0n) is 18.0. The second kappa shape index (κ2) is 10.5. The van der Waals surface area contributed by atoms with Crippen molar-refractivity contribution in [3.05, 3.63) is 74.6 Å². The number of benzene rings is 2. The molecule has 1 amide bonds. The molecule has 3 rings (SSSR count). The smallest absolute Gasteiger partial charge is 0.328 e. The molecule has 2 atom stereocenters. The van der Waals surface area contributed by atoms with Gasteiger partial charge in [-0.25, -0.2) is 4.79 Å². The molecule has 0 saturated heterocycles. The van der Waals surface area contributed by atoms with E-state index < -0.39 is 23.3 Å². The van der Waals surface area contributed by atoms with Crippen molar-refractivity contribution in [1.29, 1.82) is 0 Å². The van der Waals surface area contributed by atoms with Crippen LogP contribution in [0.2, 0.25) is 0 Å². The summed E-state index contributed by atoms with van der Waals surface area (Å²) in [7, 11) is 1.26. The van der Waals surface area contributed by atoms with E-state index in [1.807, 2.05) is 38.1 Å². The van der Waals surface area contributed by atoms with Crippen molar-refractivity contribution in [2.45, 2.75) is 32.9 Å². The molecular formula is C24H24BrNO6. The number of methoxy groups -OCH3 is 1. The summed E-state index contributed by atoms with van der Waals surface area (Å²) in [5.41, 5.74) is 0.736. The molecule has 0 bridgehead atoms. The largest absolute Gasteiger partial charge is 0.488 e. The van der Waals surface area contributed by atoms with Gasteiger partial charge in [-0.3, -0.25) is 9.59 Å². The van der Waals surface area contributed by atoms with E-state index in [0.717, 1.165) is 16.1 Å². The topological polar surface area (TPSA) is 94.8 Å². The second-order valence-electron chi connectivity index (χ2n) is 7.38. The van der Waals surface area contributed by atoms with Gasteiger partial charge in [0.25, 0.3) is 5.91 Å². The van der Waals surface area contributed by atoms with Gasteiger partial charge in [-0.05, 0) is 35.7 Å². The maximum Gasteiger partial charge on any atom is 0.328 e. The first-order chi connectivity index (χ1) is 15.3. The first kappa shape index (κ1) is 23.5. The molecule has 0 aliphatic carbocycles. The first-order valence-corrected chi connectivity index (χ1v) is 11.0. The molecule has 32 heavy (non-hydrogen) atoms. The zero-order valence-corrected chi connectivity index (χ0v) is 19.6. The van der Waals surface area contributed by atoms with E-state index in [1.165, 1.54) is 7.11 Å². The summed E-state index contributed by atoms with van der Waals surface area (Å²) in [6.07, 6.45) is 0.654. The standard InChI is InChI=1S/C24H24BrNO6/c1-4-14(2)22(24(29)30-3)26-23(28)20-12-17(27)21-18(6-5-7-19(21)32-20)31-13-15-8-10-16(25)11-9-15/h5-12,14,22H,4,13H2,1-3H3,(H,26,28)/t14-,22+/m1/s1. The normalized spacial score (nSPS) is 12.8. The maximum absolute atomic E-state index is 12.8. The number of hydrogen-bond donors (Lipinski definition) is 1. The van der Waals surface area contributed by atoms with E-state index in [4.69, 9.17) is 13.9 Å². The summed E-state index contributed by atoms with van der Waals surface area (Å²) >= 11 is 3.39. The van der Waals surface area contributed by atoms with Crippen LogP contribution in [0.4, 0.5) is 0 Å². The van der Waals surface area contributed by atoms with Gasteiger partial charge in [0, 0.05) is 10.5 Å². The van der Waals surface area contributed by atoms with Gasteiger partial charge in [-0.2, -0.15) is 0 Å². The maximum atomic E-state index is 12.8. The summed E-state index contributed by atoms with van der Waals surface area (Å²) in [6, 6.07) is 12.8. The lowest BCUT2D eigenvalue weighted by Gasteiger charge is -2.21. The Hall–Kier alpha value is -3.13. The average Bonchev–Trinajstić information content (AvgIpc) is 2.80. The Morgan fingerprint density at radius 3 is 2.53 bits per heavy atom. The summed E-state index contributed by atoms with van der Waals surface area (Å²) in [5.74, 6) is -1.21. The molecule has 0 saturated carbocycles. The minimum Gasteiger partial charge on any atom is -0.488 e. The van der Waals surface area contributed by atoms with Gasteiger partial charge in [0.2, 0.25) is 0 Å². The van der Waals surface area contributed by atoms with Crippen molar-refractivity contribution in [3.63, 3.8) is 0 Å². The molecule has 0 spiro atoms. The highest BCUT2D eigenvalue weighted by atomic mass is 79.9. The van der Waals surface area contributed by atoms with E-state index >= 15 is 0 Å². The number of rotatable bonds is 8. The third-order valence-corrected chi connectivity index (χ3v) is 5.73. The predicted molar refractivity (Wildman–Crippen MR) is 124 cm³/mol. The Morgan fingerprint density at radius 2 is 1.88 bits per heavy atom. The molecule has 7 nitrogen and oxygen atoms in total. The SMILES string of the molecule is CC[C@@H](C)[C@H](NC(=O)c1cc(=O)c2c(OCc3ccc(Br)cc3)cccc2o1)C(=O)OC. The highest BCUT2D eigenvalue weighted by Gasteiger charge is 2.28. The Labute approximate surface area is 193 Å². The fraction of sp³-hybridized carbons (Fsp3) is 0.292. The highest BCUT2D eigenvalue weighted by Crippen LogP contribution is 2.25. The number of esters is 1. The van der Waals surface area contributed by atoms with Crippen molar-refractivity contribution in [1.82, 2.24) is 5.32 Å². The summed E-state index contributed by atoms with van der Waals surface area (Å²) in [5, 5.41) is 2.85. The number of hydrogen-bond acceptors (Lipinski definition) is 6. The van der Waals surface area contributed by atoms with E-state index in [9.17, 15) is 14.4 Å². The van der Waals surface area contributed by atoms with Gasteiger partial charge in [-0.1, -0.05) is 54.4 Å². The van der Waals surface area contributed by atoms with Crippen LogP contribution < -0.4 is 15.5 Å². The molecule has 3 aromatic rings. The molecule has 0 aliphatic heterocycles. The van der Waals surface area contributed by atoms with Crippen molar-refractivity contribution >= 4 is 38.8 Å². The van der Waals surface area contributed by atoms with Gasteiger partial charge in [-0.15, -0.1) is 0 Å². The number of halogens is 1. The minimum atomic E-state index is -0.848. The second-order valence-corrected chi connectivity index (χ2v) is 8.29. The monoisotopic (exact) mass is 501 g/mol. The van der Waals surface area contributed by atoms with Crippen molar-refractivity contribution in [2.24, 2.45) is 5.92 Å². The van der Waals surface area contributed by atoms with Crippen molar-refractivity contribution < 1.29 is 23.5 Å².